The van der Waals surface area contributed by atoms with Gasteiger partial charge in [0.1, 0.15) is 5.75 Å². The van der Waals surface area contributed by atoms with Crippen molar-refractivity contribution in [2.75, 3.05) is 26.6 Å². The maximum Gasteiger partial charge on any atom is 0.228 e. The summed E-state index contributed by atoms with van der Waals surface area (Å²) in [5.74, 6) is 2.72. The Morgan fingerprint density at radius 1 is 0.962 bits per heavy atom. The molecule has 1 aromatic heterocycles. The van der Waals surface area contributed by atoms with Crippen molar-refractivity contribution in [1.29, 1.82) is 0 Å². The van der Waals surface area contributed by atoms with Crippen LogP contribution < -0.4 is 19.5 Å². The summed E-state index contributed by atoms with van der Waals surface area (Å²) in [7, 11) is 4.92. The number of ether oxygens (including phenoxy) is 3. The summed E-state index contributed by atoms with van der Waals surface area (Å²) in [5.41, 5.74) is 3.63. The molecule has 0 aliphatic carbocycles. The number of nitrogens with one attached hydrogen (secondary N) is 1. The average molecular weight is 353 g/mol. The molecule has 0 fully saturated rings. The van der Waals surface area contributed by atoms with Crippen LogP contribution in [0.3, 0.4) is 0 Å². The molecule has 0 saturated heterocycles. The molecule has 136 valence electrons. The predicted molar refractivity (Wildman–Crippen MR) is 103 cm³/mol. The van der Waals surface area contributed by atoms with Gasteiger partial charge in [-0.3, -0.25) is 0 Å². The van der Waals surface area contributed by atoms with E-state index in [1.165, 1.54) is 0 Å². The first kappa shape index (κ1) is 17.8. The molecule has 0 unspecified atom stereocenters. The van der Waals surface area contributed by atoms with Gasteiger partial charge in [-0.1, -0.05) is 6.92 Å². The smallest absolute Gasteiger partial charge is 0.228 e. The van der Waals surface area contributed by atoms with Gasteiger partial charge in [-0.2, -0.15) is 0 Å². The van der Waals surface area contributed by atoms with Gasteiger partial charge in [-0.15, -0.1) is 0 Å². The number of benzene rings is 2. The van der Waals surface area contributed by atoms with Crippen LogP contribution in [-0.2, 0) is 6.42 Å². The Bertz CT molecular complexity index is 916. The van der Waals surface area contributed by atoms with Crippen molar-refractivity contribution in [1.82, 2.24) is 9.97 Å². The summed E-state index contributed by atoms with van der Waals surface area (Å²) < 4.78 is 16.2. The van der Waals surface area contributed by atoms with E-state index in [1.807, 2.05) is 37.3 Å². The molecule has 1 N–H and O–H groups in total. The monoisotopic (exact) mass is 353 g/mol. The minimum absolute atomic E-state index is 0.525. The molecule has 6 heteroatoms. The number of hydrogen-bond donors (Lipinski definition) is 1. The fraction of sp³-hybridized carbons (Fsp3) is 0.300. The van der Waals surface area contributed by atoms with Crippen LogP contribution in [-0.4, -0.2) is 31.3 Å². The van der Waals surface area contributed by atoms with E-state index in [0.717, 1.165) is 45.8 Å². The highest BCUT2D eigenvalue weighted by atomic mass is 16.5. The maximum absolute atomic E-state index is 5.47. The van der Waals surface area contributed by atoms with Gasteiger partial charge >= 0.3 is 0 Å². The molecule has 0 spiro atoms. The van der Waals surface area contributed by atoms with Crippen LogP contribution in [0.2, 0.25) is 0 Å². The van der Waals surface area contributed by atoms with Crippen LogP contribution in [0, 0.1) is 6.92 Å². The van der Waals surface area contributed by atoms with Crippen molar-refractivity contribution in [3.05, 3.63) is 41.6 Å². The highest BCUT2D eigenvalue weighted by molar-refractivity contribution is 5.83. The molecule has 0 atom stereocenters. The van der Waals surface area contributed by atoms with Gasteiger partial charge in [0, 0.05) is 23.2 Å². The molecule has 0 bridgehead atoms. The minimum atomic E-state index is 0.525. The Morgan fingerprint density at radius 2 is 1.77 bits per heavy atom. The molecule has 1 heterocycles. The molecule has 26 heavy (non-hydrogen) atoms. The molecule has 0 aliphatic rings. The van der Waals surface area contributed by atoms with Gasteiger partial charge in [0.05, 0.1) is 32.5 Å². The van der Waals surface area contributed by atoms with E-state index in [4.69, 9.17) is 14.2 Å². The number of methoxy groups -OCH3 is 3. The Labute approximate surface area is 153 Å². The third kappa shape index (κ3) is 3.35. The molecule has 0 amide bonds. The summed E-state index contributed by atoms with van der Waals surface area (Å²) in [6, 6.07) is 9.69. The van der Waals surface area contributed by atoms with Crippen molar-refractivity contribution < 1.29 is 14.2 Å². The lowest BCUT2D eigenvalue weighted by Crippen LogP contribution is -2.02. The molecule has 0 radical (unpaired) electrons. The number of hydrogen-bond acceptors (Lipinski definition) is 6. The molecule has 3 rings (SSSR count). The lowest BCUT2D eigenvalue weighted by molar-refractivity contribution is 0.352. The van der Waals surface area contributed by atoms with E-state index in [0.29, 0.717) is 11.7 Å². The number of rotatable bonds is 6. The summed E-state index contributed by atoms with van der Waals surface area (Å²) >= 11 is 0. The van der Waals surface area contributed by atoms with E-state index in [9.17, 15) is 0 Å². The number of aryl methyl sites for hydroxylation is 2. The van der Waals surface area contributed by atoms with Gasteiger partial charge in [-0.05, 0) is 37.1 Å². The molecule has 0 saturated carbocycles. The van der Waals surface area contributed by atoms with E-state index in [1.54, 1.807) is 21.3 Å². The normalized spacial score (nSPS) is 10.7. The van der Waals surface area contributed by atoms with Gasteiger partial charge < -0.3 is 19.5 Å². The highest BCUT2D eigenvalue weighted by Crippen LogP contribution is 2.35. The predicted octanol–water partition coefficient (Wildman–Crippen LogP) is 4.27. The molecular weight excluding hydrogens is 330 g/mol. The van der Waals surface area contributed by atoms with Crippen molar-refractivity contribution in [2.45, 2.75) is 20.3 Å². The lowest BCUT2D eigenvalue weighted by Gasteiger charge is -2.15. The lowest BCUT2D eigenvalue weighted by atomic mass is 10.1. The quantitative estimate of drug-likeness (QED) is 0.714. The van der Waals surface area contributed by atoms with Crippen LogP contribution in [0.15, 0.2) is 30.3 Å². The SMILES string of the molecule is CCc1cc(Nc2nc(C)c3ccc(OC)cc3n2)cc(OC)c1OC. The maximum atomic E-state index is 5.47. The van der Waals surface area contributed by atoms with Gasteiger partial charge in [0.2, 0.25) is 5.95 Å². The van der Waals surface area contributed by atoms with Crippen molar-refractivity contribution in [3.63, 3.8) is 0 Å². The van der Waals surface area contributed by atoms with Gasteiger partial charge in [-0.25, -0.2) is 9.97 Å². The van der Waals surface area contributed by atoms with Crippen LogP contribution in [0.1, 0.15) is 18.2 Å². The standard InChI is InChI=1S/C20H23N3O3/c1-6-13-9-14(10-18(25-4)19(13)26-5)22-20-21-12(2)16-8-7-15(24-3)11-17(16)23-20/h7-11H,6H2,1-5H3,(H,21,22,23). The second-order valence-electron chi connectivity index (χ2n) is 5.87. The highest BCUT2D eigenvalue weighted by Gasteiger charge is 2.13. The number of fused-ring (bicyclic) bond motifs is 1. The van der Waals surface area contributed by atoms with E-state index in [2.05, 4.69) is 22.2 Å². The Balaban J connectivity index is 2.03. The fourth-order valence-corrected chi connectivity index (χ4v) is 2.96. The summed E-state index contributed by atoms with van der Waals surface area (Å²) in [4.78, 5) is 9.19. The summed E-state index contributed by atoms with van der Waals surface area (Å²) in [6.07, 6.45) is 0.823. The fourth-order valence-electron chi connectivity index (χ4n) is 2.96. The van der Waals surface area contributed by atoms with Crippen LogP contribution in [0.25, 0.3) is 10.9 Å². The first-order chi connectivity index (χ1) is 12.6. The minimum Gasteiger partial charge on any atom is -0.497 e. The van der Waals surface area contributed by atoms with Crippen molar-refractivity contribution in [2.24, 2.45) is 0 Å². The van der Waals surface area contributed by atoms with Gasteiger partial charge in [0.25, 0.3) is 0 Å². The topological polar surface area (TPSA) is 65.5 Å². The van der Waals surface area contributed by atoms with E-state index >= 15 is 0 Å². The Kier molecular flexibility index (Phi) is 5.11. The number of anilines is 2. The van der Waals surface area contributed by atoms with Crippen molar-refractivity contribution >= 4 is 22.5 Å². The van der Waals surface area contributed by atoms with Crippen LogP contribution in [0.4, 0.5) is 11.6 Å². The number of nitrogens with zero attached hydrogens (tertiary/aromatic N) is 2. The summed E-state index contributed by atoms with van der Waals surface area (Å²) in [6.45, 7) is 4.04. The van der Waals surface area contributed by atoms with Crippen LogP contribution in [0.5, 0.6) is 17.2 Å². The first-order valence-corrected chi connectivity index (χ1v) is 8.43. The second-order valence-corrected chi connectivity index (χ2v) is 5.87. The van der Waals surface area contributed by atoms with Crippen molar-refractivity contribution in [3.8, 4) is 17.2 Å². The molecule has 6 nitrogen and oxygen atoms in total. The molecule has 0 aliphatic heterocycles. The third-order valence-electron chi connectivity index (χ3n) is 4.29. The Morgan fingerprint density at radius 3 is 2.42 bits per heavy atom. The van der Waals surface area contributed by atoms with E-state index < -0.39 is 0 Å². The zero-order chi connectivity index (χ0) is 18.7. The Hall–Kier alpha value is -3.02. The summed E-state index contributed by atoms with van der Waals surface area (Å²) in [5, 5.41) is 4.27. The van der Waals surface area contributed by atoms with E-state index in [-0.39, 0.29) is 0 Å². The van der Waals surface area contributed by atoms with Gasteiger partial charge in [0.15, 0.2) is 11.5 Å². The molecule has 3 aromatic rings. The van der Waals surface area contributed by atoms with Crippen LogP contribution >= 0.6 is 0 Å². The second kappa shape index (κ2) is 7.47. The molecule has 2 aromatic carbocycles. The average Bonchev–Trinajstić information content (AvgIpc) is 2.66. The first-order valence-electron chi connectivity index (χ1n) is 8.43. The number of aromatic nitrogens is 2. The third-order valence-corrected chi connectivity index (χ3v) is 4.29. The largest absolute Gasteiger partial charge is 0.497 e. The zero-order valence-electron chi connectivity index (χ0n) is 15.7. The zero-order valence-corrected chi connectivity index (χ0v) is 15.7. The molecular formula is C20H23N3O3.